The van der Waals surface area contributed by atoms with E-state index in [4.69, 9.17) is 0 Å². The molecule has 1 aromatic heterocycles. The number of ketones is 1. The van der Waals surface area contributed by atoms with Crippen LogP contribution in [-0.2, 0) is 0 Å². The van der Waals surface area contributed by atoms with E-state index in [-0.39, 0.29) is 5.78 Å². The highest BCUT2D eigenvalue weighted by molar-refractivity contribution is 6.22. The summed E-state index contributed by atoms with van der Waals surface area (Å²) < 4.78 is 0. The van der Waals surface area contributed by atoms with E-state index in [9.17, 15) is 4.79 Å². The fraction of sp³-hybridized carbons (Fsp3) is 0. The molecule has 1 heterocycles. The number of aromatic nitrogens is 1. The number of hydrogen-bond donors (Lipinski definition) is 0. The maximum absolute atomic E-state index is 12.7. The Balaban J connectivity index is 1.74. The Labute approximate surface area is 139 Å². The SMILES string of the molecule is O=C1c2ccccc2-c2ccc(-c3cccc4cnccc34)cc21. The van der Waals surface area contributed by atoms with Gasteiger partial charge in [-0.25, -0.2) is 0 Å². The maximum atomic E-state index is 12.7. The van der Waals surface area contributed by atoms with E-state index >= 15 is 0 Å². The van der Waals surface area contributed by atoms with Gasteiger partial charge < -0.3 is 0 Å². The molecule has 0 N–H and O–H groups in total. The molecule has 0 saturated carbocycles. The summed E-state index contributed by atoms with van der Waals surface area (Å²) in [5.41, 5.74) is 5.84. The Morgan fingerprint density at radius 1 is 0.667 bits per heavy atom. The first-order chi connectivity index (χ1) is 11.8. The lowest BCUT2D eigenvalue weighted by molar-refractivity contribution is 0.104. The molecule has 0 unspecified atom stereocenters. The third-order valence-electron chi connectivity index (χ3n) is 4.72. The van der Waals surface area contributed by atoms with Crippen LogP contribution >= 0.6 is 0 Å². The molecule has 0 radical (unpaired) electrons. The van der Waals surface area contributed by atoms with E-state index in [2.05, 4.69) is 29.2 Å². The Bertz CT molecular complexity index is 1120. The lowest BCUT2D eigenvalue weighted by Gasteiger charge is -2.08. The van der Waals surface area contributed by atoms with Gasteiger partial charge in [-0.2, -0.15) is 0 Å². The predicted octanol–water partition coefficient (Wildman–Crippen LogP) is 5.11. The van der Waals surface area contributed by atoms with Crippen LogP contribution in [0.25, 0.3) is 33.0 Å². The monoisotopic (exact) mass is 307 g/mol. The van der Waals surface area contributed by atoms with E-state index in [1.165, 1.54) is 0 Å². The summed E-state index contributed by atoms with van der Waals surface area (Å²) in [5.74, 6) is 0.115. The van der Waals surface area contributed by atoms with Crippen molar-refractivity contribution < 1.29 is 4.79 Å². The van der Waals surface area contributed by atoms with Gasteiger partial charge in [-0.05, 0) is 39.8 Å². The van der Waals surface area contributed by atoms with Gasteiger partial charge in [0.2, 0.25) is 0 Å². The van der Waals surface area contributed by atoms with E-state index < -0.39 is 0 Å². The Morgan fingerprint density at radius 2 is 1.46 bits per heavy atom. The molecule has 1 aliphatic carbocycles. The summed E-state index contributed by atoms with van der Waals surface area (Å²) in [4.78, 5) is 16.9. The van der Waals surface area contributed by atoms with E-state index in [0.717, 1.165) is 44.2 Å². The minimum atomic E-state index is 0.115. The number of pyridine rings is 1. The second-order valence-electron chi connectivity index (χ2n) is 6.04. The first-order valence-corrected chi connectivity index (χ1v) is 7.94. The van der Waals surface area contributed by atoms with Crippen molar-refractivity contribution in [2.45, 2.75) is 0 Å². The standard InChI is InChI=1S/C22H13NO/c24-22-20-6-2-1-5-18(20)19-9-8-14(12-21(19)22)16-7-3-4-15-13-23-11-10-17(15)16/h1-13H. The molecule has 3 aromatic carbocycles. The van der Waals surface area contributed by atoms with Crippen LogP contribution in [0.15, 0.2) is 79.1 Å². The molecule has 0 bridgehead atoms. The zero-order valence-electron chi connectivity index (χ0n) is 12.9. The third kappa shape index (κ3) is 1.77. The van der Waals surface area contributed by atoms with Crippen molar-refractivity contribution in [2.24, 2.45) is 0 Å². The number of carbonyl (C=O) groups is 1. The van der Waals surface area contributed by atoms with Crippen molar-refractivity contribution in [3.05, 3.63) is 90.3 Å². The van der Waals surface area contributed by atoms with Crippen molar-refractivity contribution in [3.8, 4) is 22.3 Å². The average molecular weight is 307 g/mol. The first-order valence-electron chi connectivity index (χ1n) is 7.94. The molecule has 0 aliphatic heterocycles. The fourth-order valence-corrected chi connectivity index (χ4v) is 3.57. The quantitative estimate of drug-likeness (QED) is 0.430. The van der Waals surface area contributed by atoms with Crippen molar-refractivity contribution >= 4 is 16.6 Å². The van der Waals surface area contributed by atoms with Gasteiger partial charge in [0.05, 0.1) is 0 Å². The molecular formula is C22H13NO. The molecule has 0 fully saturated rings. The van der Waals surface area contributed by atoms with Gasteiger partial charge >= 0.3 is 0 Å². The summed E-state index contributed by atoms with van der Waals surface area (Å²) in [6, 6.07) is 22.2. The van der Waals surface area contributed by atoms with Crippen molar-refractivity contribution in [3.63, 3.8) is 0 Å². The molecule has 5 rings (SSSR count). The highest BCUT2D eigenvalue weighted by Crippen LogP contribution is 2.39. The van der Waals surface area contributed by atoms with E-state index in [1.54, 1.807) is 6.20 Å². The van der Waals surface area contributed by atoms with Crippen molar-refractivity contribution in [1.29, 1.82) is 0 Å². The summed E-state index contributed by atoms with van der Waals surface area (Å²) in [5, 5.41) is 2.25. The lowest BCUT2D eigenvalue weighted by atomic mass is 9.96. The number of rotatable bonds is 1. The molecule has 112 valence electrons. The van der Waals surface area contributed by atoms with Crippen LogP contribution in [0.3, 0.4) is 0 Å². The molecule has 1 aliphatic rings. The zero-order valence-corrected chi connectivity index (χ0v) is 12.9. The highest BCUT2D eigenvalue weighted by Gasteiger charge is 2.26. The number of carbonyl (C=O) groups excluding carboxylic acids is 1. The average Bonchev–Trinajstić information content (AvgIpc) is 2.94. The number of benzene rings is 3. The van der Waals surface area contributed by atoms with Gasteiger partial charge in [0.25, 0.3) is 0 Å². The molecule has 24 heavy (non-hydrogen) atoms. The maximum Gasteiger partial charge on any atom is 0.194 e. The Kier molecular flexibility index (Phi) is 2.68. The van der Waals surface area contributed by atoms with Gasteiger partial charge in [0.1, 0.15) is 0 Å². The fourth-order valence-electron chi connectivity index (χ4n) is 3.57. The number of nitrogens with zero attached hydrogens (tertiary/aromatic N) is 1. The Hall–Kier alpha value is -3.26. The van der Waals surface area contributed by atoms with Crippen LogP contribution in [-0.4, -0.2) is 10.8 Å². The summed E-state index contributed by atoms with van der Waals surface area (Å²) in [6.07, 6.45) is 3.67. The van der Waals surface area contributed by atoms with Crippen LogP contribution in [0.4, 0.5) is 0 Å². The minimum Gasteiger partial charge on any atom is -0.289 e. The van der Waals surface area contributed by atoms with Gasteiger partial charge in [-0.15, -0.1) is 0 Å². The summed E-state index contributed by atoms with van der Waals surface area (Å²) >= 11 is 0. The largest absolute Gasteiger partial charge is 0.289 e. The van der Waals surface area contributed by atoms with Crippen molar-refractivity contribution in [1.82, 2.24) is 4.98 Å². The van der Waals surface area contributed by atoms with Gasteiger partial charge in [0.15, 0.2) is 5.78 Å². The van der Waals surface area contributed by atoms with E-state index in [0.29, 0.717) is 0 Å². The topological polar surface area (TPSA) is 30.0 Å². The minimum absolute atomic E-state index is 0.115. The summed E-state index contributed by atoms with van der Waals surface area (Å²) in [7, 11) is 0. The second-order valence-corrected chi connectivity index (χ2v) is 6.04. The predicted molar refractivity (Wildman–Crippen MR) is 96.0 cm³/mol. The molecule has 4 aromatic rings. The molecular weight excluding hydrogens is 294 g/mol. The Morgan fingerprint density at radius 3 is 2.38 bits per heavy atom. The van der Waals surface area contributed by atoms with Crippen LogP contribution < -0.4 is 0 Å². The van der Waals surface area contributed by atoms with Gasteiger partial charge in [-0.3, -0.25) is 9.78 Å². The molecule has 2 nitrogen and oxygen atoms in total. The number of fused-ring (bicyclic) bond motifs is 4. The van der Waals surface area contributed by atoms with Crippen LogP contribution in [0.5, 0.6) is 0 Å². The lowest BCUT2D eigenvalue weighted by Crippen LogP contribution is -1.95. The van der Waals surface area contributed by atoms with Gasteiger partial charge in [-0.1, -0.05) is 54.6 Å². The second kappa shape index (κ2) is 4.87. The molecule has 2 heteroatoms. The first kappa shape index (κ1) is 13.2. The van der Waals surface area contributed by atoms with Crippen LogP contribution in [0.1, 0.15) is 15.9 Å². The molecule has 0 atom stereocenters. The molecule has 0 spiro atoms. The molecule has 0 amide bonds. The number of hydrogen-bond acceptors (Lipinski definition) is 2. The zero-order chi connectivity index (χ0) is 16.1. The van der Waals surface area contributed by atoms with Crippen LogP contribution in [0.2, 0.25) is 0 Å². The van der Waals surface area contributed by atoms with Crippen molar-refractivity contribution in [2.75, 3.05) is 0 Å². The van der Waals surface area contributed by atoms with Crippen LogP contribution in [0, 0.1) is 0 Å². The third-order valence-corrected chi connectivity index (χ3v) is 4.72. The van der Waals surface area contributed by atoms with Gasteiger partial charge in [0, 0.05) is 28.9 Å². The molecule has 0 saturated heterocycles. The normalized spacial score (nSPS) is 12.2. The van der Waals surface area contributed by atoms with E-state index in [1.807, 2.05) is 48.7 Å². The smallest absolute Gasteiger partial charge is 0.194 e. The summed E-state index contributed by atoms with van der Waals surface area (Å²) in [6.45, 7) is 0. The highest BCUT2D eigenvalue weighted by atomic mass is 16.1.